The molecule has 1 aliphatic rings. The van der Waals surface area contributed by atoms with Gasteiger partial charge in [-0.3, -0.25) is 4.57 Å². The van der Waals surface area contributed by atoms with Crippen molar-refractivity contribution in [1.82, 2.24) is 15.0 Å². The van der Waals surface area contributed by atoms with E-state index in [1.54, 1.807) is 7.05 Å². The monoisotopic (exact) mass is 592 g/mol. The van der Waals surface area contributed by atoms with Crippen LogP contribution in [-0.4, -0.2) is 34.3 Å². The van der Waals surface area contributed by atoms with Gasteiger partial charge in [-0.05, 0) is 43.9 Å². The predicted octanol–water partition coefficient (Wildman–Crippen LogP) is 8.69. The normalized spacial score (nSPS) is 16.4. The first-order valence-corrected chi connectivity index (χ1v) is 15.2. The minimum Gasteiger partial charge on any atom is -0.473 e. The van der Waals surface area contributed by atoms with Crippen LogP contribution in [-0.2, 0) is 16.8 Å². The Balaban J connectivity index is 0.00000226. The highest BCUT2D eigenvalue weighted by molar-refractivity contribution is 6.27. The Hall–Kier alpha value is -3.28. The maximum absolute atomic E-state index is 6.86. The maximum atomic E-state index is 6.86. The zero-order chi connectivity index (χ0) is 30.0. The number of halogens is 2. The fourth-order valence-electron chi connectivity index (χ4n) is 4.94. The highest BCUT2D eigenvalue weighted by atomic mass is 35.5. The molecule has 0 amide bonds. The van der Waals surface area contributed by atoms with Crippen LogP contribution in [0.5, 0.6) is 0 Å². The third-order valence-electron chi connectivity index (χ3n) is 7.31. The summed E-state index contributed by atoms with van der Waals surface area (Å²) in [5, 5.41) is 4.30. The quantitative estimate of drug-likeness (QED) is 0.117. The molecule has 0 saturated heterocycles. The van der Waals surface area contributed by atoms with Gasteiger partial charge in [0, 0.05) is 24.7 Å². The van der Waals surface area contributed by atoms with Gasteiger partial charge in [0.25, 0.3) is 0 Å². The standard InChI is InChI=1S/C33H39ClN4O.CH3Cl/c1-7-33(5,25-14-10-8-11-15-25)32(37-35-6)39-22-29-30(23(2)3)38(26-20-18-24(4)19-21-26)31(36-29)27-16-12-9-13-17-28(27)34;1-2/h8-21,23,28,35H,7,22H2,1-6H3;1H3/b37-32-;. The Bertz CT molecular complexity index is 1390. The summed E-state index contributed by atoms with van der Waals surface area (Å²) in [6.07, 6.45) is 12.3. The summed E-state index contributed by atoms with van der Waals surface area (Å²) in [4.78, 5) is 5.20. The van der Waals surface area contributed by atoms with Crippen molar-refractivity contribution in [3.05, 3.63) is 113 Å². The van der Waals surface area contributed by atoms with Crippen molar-refractivity contribution in [1.29, 1.82) is 0 Å². The van der Waals surface area contributed by atoms with Crippen molar-refractivity contribution >= 4 is 34.7 Å². The number of hydrogen-bond donors (Lipinski definition) is 1. The molecule has 2 aromatic carbocycles. The summed E-state index contributed by atoms with van der Waals surface area (Å²) in [6.45, 7) is 11.1. The number of hydrazone groups is 1. The third kappa shape index (κ3) is 7.33. The van der Waals surface area contributed by atoms with Crippen LogP contribution in [0.25, 0.3) is 11.3 Å². The molecule has 0 bridgehead atoms. The fourth-order valence-corrected chi connectivity index (χ4v) is 5.20. The molecular weight excluding hydrogens is 551 g/mol. The maximum Gasteiger partial charge on any atom is 0.216 e. The molecule has 0 aliphatic heterocycles. The van der Waals surface area contributed by atoms with E-state index < -0.39 is 5.41 Å². The number of nitrogens with zero attached hydrogens (tertiary/aromatic N) is 3. The minimum atomic E-state index is -0.398. The SMILES string of the molecule is CCC(C)(/C(=N/NC)OCc1nc(C2=CC=CC=CC2Cl)n(-c2ccc(C)cc2)c1C(C)C)c1ccccc1.CCl. The van der Waals surface area contributed by atoms with Crippen LogP contribution in [0.2, 0.25) is 0 Å². The van der Waals surface area contributed by atoms with Crippen LogP contribution in [0.1, 0.15) is 68.4 Å². The number of rotatable bonds is 9. The summed E-state index contributed by atoms with van der Waals surface area (Å²) >= 11 is 11.5. The Labute approximate surface area is 255 Å². The number of aromatic nitrogens is 2. The van der Waals surface area contributed by atoms with Crippen molar-refractivity contribution in [2.45, 2.75) is 64.4 Å². The van der Waals surface area contributed by atoms with Gasteiger partial charge < -0.3 is 10.2 Å². The molecule has 1 aromatic heterocycles. The van der Waals surface area contributed by atoms with Gasteiger partial charge in [0.05, 0.1) is 16.5 Å². The molecule has 1 N–H and O–H groups in total. The van der Waals surface area contributed by atoms with Gasteiger partial charge in [0.15, 0.2) is 0 Å². The summed E-state index contributed by atoms with van der Waals surface area (Å²) in [7, 11) is 1.80. The van der Waals surface area contributed by atoms with E-state index in [4.69, 9.17) is 21.3 Å². The molecule has 218 valence electrons. The van der Waals surface area contributed by atoms with Crippen LogP contribution in [0.4, 0.5) is 0 Å². The smallest absolute Gasteiger partial charge is 0.216 e. The lowest BCUT2D eigenvalue weighted by Crippen LogP contribution is -2.35. The molecule has 0 fully saturated rings. The predicted molar refractivity (Wildman–Crippen MR) is 175 cm³/mol. The van der Waals surface area contributed by atoms with E-state index in [1.165, 1.54) is 11.9 Å². The molecule has 0 saturated carbocycles. The van der Waals surface area contributed by atoms with Gasteiger partial charge in [-0.25, -0.2) is 4.98 Å². The number of aryl methyl sites for hydroxylation is 1. The van der Waals surface area contributed by atoms with Crippen LogP contribution in [0.3, 0.4) is 0 Å². The fraction of sp³-hybridized carbons (Fsp3) is 0.353. The Morgan fingerprint density at radius 3 is 2.37 bits per heavy atom. The van der Waals surface area contributed by atoms with E-state index in [-0.39, 0.29) is 17.9 Å². The second kappa shape index (κ2) is 15.1. The first-order valence-electron chi connectivity index (χ1n) is 14.0. The second-order valence-electron chi connectivity index (χ2n) is 10.4. The van der Waals surface area contributed by atoms with Crippen molar-refractivity contribution < 1.29 is 4.74 Å². The lowest BCUT2D eigenvalue weighted by Gasteiger charge is -2.30. The first-order chi connectivity index (χ1) is 19.8. The van der Waals surface area contributed by atoms with Gasteiger partial charge in [-0.15, -0.1) is 28.3 Å². The molecule has 2 atom stereocenters. The zero-order valence-corrected chi connectivity index (χ0v) is 26.7. The topological polar surface area (TPSA) is 51.4 Å². The molecule has 4 rings (SSSR count). The number of nitrogens with one attached hydrogen (secondary N) is 1. The van der Waals surface area contributed by atoms with Gasteiger partial charge in [0.1, 0.15) is 18.1 Å². The molecule has 1 heterocycles. The van der Waals surface area contributed by atoms with Crippen molar-refractivity contribution in [2.24, 2.45) is 5.10 Å². The van der Waals surface area contributed by atoms with E-state index in [2.05, 4.69) is 116 Å². The Morgan fingerprint density at radius 1 is 1.07 bits per heavy atom. The summed E-state index contributed by atoms with van der Waals surface area (Å²) in [5.41, 5.74) is 8.89. The van der Waals surface area contributed by atoms with E-state index in [0.29, 0.717) is 5.90 Å². The average Bonchev–Trinajstić information content (AvgIpc) is 3.24. The largest absolute Gasteiger partial charge is 0.473 e. The Kier molecular flexibility index (Phi) is 11.9. The summed E-state index contributed by atoms with van der Waals surface area (Å²) < 4.78 is 8.80. The molecule has 41 heavy (non-hydrogen) atoms. The minimum absolute atomic E-state index is 0.189. The molecule has 2 unspecified atom stereocenters. The molecule has 5 nitrogen and oxygen atoms in total. The van der Waals surface area contributed by atoms with Gasteiger partial charge in [0.2, 0.25) is 5.90 Å². The third-order valence-corrected chi connectivity index (χ3v) is 7.69. The van der Waals surface area contributed by atoms with E-state index in [0.717, 1.165) is 40.5 Å². The number of allylic oxidation sites excluding steroid dienone is 6. The second-order valence-corrected chi connectivity index (χ2v) is 10.8. The van der Waals surface area contributed by atoms with Crippen LogP contribution < -0.4 is 5.43 Å². The molecule has 1 aliphatic carbocycles. The molecule has 0 radical (unpaired) electrons. The van der Waals surface area contributed by atoms with Crippen LogP contribution >= 0.6 is 23.2 Å². The summed E-state index contributed by atoms with van der Waals surface area (Å²) in [5.74, 6) is 1.65. The summed E-state index contributed by atoms with van der Waals surface area (Å²) in [6, 6.07) is 18.9. The number of alkyl halides is 2. The van der Waals surface area contributed by atoms with Crippen LogP contribution in [0.15, 0.2) is 90.1 Å². The van der Waals surface area contributed by atoms with Crippen molar-refractivity contribution in [2.75, 3.05) is 13.4 Å². The van der Waals surface area contributed by atoms with Crippen molar-refractivity contribution in [3.8, 4) is 5.69 Å². The lowest BCUT2D eigenvalue weighted by molar-refractivity contribution is 0.251. The zero-order valence-electron chi connectivity index (χ0n) is 25.2. The van der Waals surface area contributed by atoms with E-state index >= 15 is 0 Å². The van der Waals surface area contributed by atoms with Gasteiger partial charge in [-0.1, -0.05) is 99.2 Å². The Morgan fingerprint density at radius 2 is 1.76 bits per heavy atom. The highest BCUT2D eigenvalue weighted by Crippen LogP contribution is 2.35. The van der Waals surface area contributed by atoms with Gasteiger partial charge >= 0.3 is 0 Å². The molecule has 7 heteroatoms. The first kappa shape index (κ1) is 32.2. The number of hydrogen-bond acceptors (Lipinski definition) is 4. The average molecular weight is 594 g/mol. The highest BCUT2D eigenvalue weighted by Gasteiger charge is 2.34. The molecule has 0 spiro atoms. The van der Waals surface area contributed by atoms with Gasteiger partial charge in [-0.2, -0.15) is 0 Å². The van der Waals surface area contributed by atoms with E-state index in [1.807, 2.05) is 30.4 Å². The van der Waals surface area contributed by atoms with Crippen LogP contribution in [0, 0.1) is 6.92 Å². The van der Waals surface area contributed by atoms with E-state index in [9.17, 15) is 0 Å². The molecule has 3 aromatic rings. The lowest BCUT2D eigenvalue weighted by atomic mass is 9.80. The number of ether oxygens (including phenoxy) is 1. The number of imidazole rings is 1. The number of benzene rings is 2. The molecular formula is C34H42Cl2N4O. The van der Waals surface area contributed by atoms with Crippen molar-refractivity contribution in [3.63, 3.8) is 0 Å².